The Hall–Kier alpha value is -3.21. The average molecular weight is 384 g/mol. The van der Waals surface area contributed by atoms with Gasteiger partial charge in [0.1, 0.15) is 19.0 Å². The lowest BCUT2D eigenvalue weighted by atomic mass is 9.99. The minimum atomic E-state index is -1.24. The van der Waals surface area contributed by atoms with Crippen molar-refractivity contribution in [3.63, 3.8) is 0 Å². The number of halogens is 3. The van der Waals surface area contributed by atoms with Crippen LogP contribution in [0.2, 0.25) is 0 Å². The minimum Gasteiger partial charge on any atom is -0.490 e. The Kier molecular flexibility index (Phi) is 6.04. The largest absolute Gasteiger partial charge is 0.490 e. The number of allylic oxidation sites excluding steroid dienone is 1. The fraction of sp³-hybridized carbons (Fsp3) is 0.130. The van der Waals surface area contributed by atoms with Crippen LogP contribution in [-0.2, 0) is 0 Å². The van der Waals surface area contributed by atoms with Crippen LogP contribution in [0.15, 0.2) is 67.3 Å². The van der Waals surface area contributed by atoms with Gasteiger partial charge in [-0.25, -0.2) is 13.2 Å². The summed E-state index contributed by atoms with van der Waals surface area (Å²) in [6.07, 6.45) is 5.04. The molecule has 5 heteroatoms. The summed E-state index contributed by atoms with van der Waals surface area (Å²) in [5.74, 6) is -2.82. The van der Waals surface area contributed by atoms with Gasteiger partial charge in [0.15, 0.2) is 23.2 Å². The second kappa shape index (κ2) is 8.65. The fourth-order valence-electron chi connectivity index (χ4n) is 2.80. The summed E-state index contributed by atoms with van der Waals surface area (Å²) in [5.41, 5.74) is 0.500. The topological polar surface area (TPSA) is 18.5 Å². The fourth-order valence-corrected chi connectivity index (χ4v) is 2.80. The van der Waals surface area contributed by atoms with Crippen LogP contribution in [-0.4, -0.2) is 13.2 Å². The molecule has 0 aliphatic carbocycles. The zero-order chi connectivity index (χ0) is 20.1. The normalized spacial score (nSPS) is 11.1. The quantitative estimate of drug-likeness (QED) is 0.436. The van der Waals surface area contributed by atoms with Gasteiger partial charge in [0, 0.05) is 5.56 Å². The molecule has 0 saturated heterocycles. The summed E-state index contributed by atoms with van der Waals surface area (Å²) < 4.78 is 54.7. The Balaban J connectivity index is 2.02. The van der Waals surface area contributed by atoms with Gasteiger partial charge in [-0.1, -0.05) is 43.0 Å². The van der Waals surface area contributed by atoms with Crippen LogP contribution in [0, 0.1) is 17.5 Å². The molecule has 144 valence electrons. The number of rotatable bonds is 7. The van der Waals surface area contributed by atoms with E-state index in [0.717, 1.165) is 0 Å². The first kappa shape index (κ1) is 19.5. The molecule has 0 aromatic heterocycles. The van der Waals surface area contributed by atoms with Crippen LogP contribution in [0.3, 0.4) is 0 Å². The zero-order valence-electron chi connectivity index (χ0n) is 15.3. The van der Waals surface area contributed by atoms with Crippen LogP contribution in [0.4, 0.5) is 13.2 Å². The van der Waals surface area contributed by atoms with Gasteiger partial charge in [-0.15, -0.1) is 0 Å². The second-order valence-electron chi connectivity index (χ2n) is 6.03. The van der Waals surface area contributed by atoms with Crippen molar-refractivity contribution in [2.75, 3.05) is 13.2 Å². The molecule has 28 heavy (non-hydrogen) atoms. The maximum atomic E-state index is 14.7. The molecule has 0 heterocycles. The first-order valence-electron chi connectivity index (χ1n) is 8.75. The molecule has 0 bridgehead atoms. The van der Waals surface area contributed by atoms with Crippen LogP contribution in [0.25, 0.3) is 21.9 Å². The average Bonchev–Trinajstić information content (AvgIpc) is 2.71. The molecule has 0 radical (unpaired) electrons. The summed E-state index contributed by atoms with van der Waals surface area (Å²) in [6, 6.07) is 10.9. The lowest BCUT2D eigenvalue weighted by molar-refractivity contribution is 0.342. The monoisotopic (exact) mass is 384 g/mol. The predicted molar refractivity (Wildman–Crippen MR) is 105 cm³/mol. The first-order chi connectivity index (χ1) is 13.6. The number of hydrogen-bond donors (Lipinski definition) is 0. The maximum absolute atomic E-state index is 14.7. The molecule has 0 atom stereocenters. The molecule has 0 fully saturated rings. The van der Waals surface area contributed by atoms with Gasteiger partial charge in [0.2, 0.25) is 0 Å². The first-order valence-corrected chi connectivity index (χ1v) is 8.75. The predicted octanol–water partition coefficient (Wildman–Crippen LogP) is 6.44. The third kappa shape index (κ3) is 3.88. The maximum Gasteiger partial charge on any atom is 0.175 e. The van der Waals surface area contributed by atoms with Gasteiger partial charge >= 0.3 is 0 Å². The Morgan fingerprint density at radius 3 is 2.32 bits per heavy atom. The van der Waals surface area contributed by atoms with Crippen LogP contribution >= 0.6 is 0 Å². The van der Waals surface area contributed by atoms with E-state index in [2.05, 4.69) is 6.58 Å². The SMILES string of the molecule is C=CCOc1ccc(-c2cc3ccc(OCC=CC)c(F)c3c(F)c2F)cc1. The van der Waals surface area contributed by atoms with Crippen LogP contribution in [0.1, 0.15) is 6.92 Å². The summed E-state index contributed by atoms with van der Waals surface area (Å²) in [4.78, 5) is 0. The lowest BCUT2D eigenvalue weighted by Gasteiger charge is -2.12. The molecule has 0 aliphatic rings. The number of benzene rings is 3. The number of fused-ring (bicyclic) bond motifs is 1. The molecule has 3 aromatic rings. The van der Waals surface area contributed by atoms with Crippen LogP contribution in [0.5, 0.6) is 11.5 Å². The molecule has 0 N–H and O–H groups in total. The van der Waals surface area contributed by atoms with Crippen molar-refractivity contribution in [2.24, 2.45) is 0 Å². The van der Waals surface area contributed by atoms with E-state index < -0.39 is 22.8 Å². The lowest BCUT2D eigenvalue weighted by Crippen LogP contribution is -2.00. The highest BCUT2D eigenvalue weighted by Gasteiger charge is 2.20. The Morgan fingerprint density at radius 2 is 1.64 bits per heavy atom. The van der Waals surface area contributed by atoms with Crippen molar-refractivity contribution in [1.29, 1.82) is 0 Å². The smallest absolute Gasteiger partial charge is 0.175 e. The van der Waals surface area contributed by atoms with Crippen molar-refractivity contribution < 1.29 is 22.6 Å². The molecule has 0 amide bonds. The highest BCUT2D eigenvalue weighted by molar-refractivity contribution is 5.90. The Morgan fingerprint density at radius 1 is 0.893 bits per heavy atom. The summed E-state index contributed by atoms with van der Waals surface area (Å²) in [6.45, 7) is 5.85. The third-order valence-corrected chi connectivity index (χ3v) is 4.19. The Bertz CT molecular complexity index is 1020. The minimum absolute atomic E-state index is 0.0438. The highest BCUT2D eigenvalue weighted by atomic mass is 19.2. The molecule has 3 rings (SSSR count). The molecular formula is C23H19F3O2. The van der Waals surface area contributed by atoms with Gasteiger partial charge < -0.3 is 9.47 Å². The van der Waals surface area contributed by atoms with E-state index in [1.54, 1.807) is 49.4 Å². The van der Waals surface area contributed by atoms with E-state index in [9.17, 15) is 13.2 Å². The van der Waals surface area contributed by atoms with Gasteiger partial charge in [-0.3, -0.25) is 0 Å². The van der Waals surface area contributed by atoms with E-state index in [0.29, 0.717) is 17.9 Å². The van der Waals surface area contributed by atoms with Crippen molar-refractivity contribution in [1.82, 2.24) is 0 Å². The highest BCUT2D eigenvalue weighted by Crippen LogP contribution is 2.35. The molecule has 0 spiro atoms. The van der Waals surface area contributed by atoms with E-state index in [-0.39, 0.29) is 23.3 Å². The van der Waals surface area contributed by atoms with Gasteiger partial charge in [0.25, 0.3) is 0 Å². The molecule has 0 aliphatic heterocycles. The van der Waals surface area contributed by atoms with Crippen LogP contribution < -0.4 is 9.47 Å². The second-order valence-corrected chi connectivity index (χ2v) is 6.03. The summed E-state index contributed by atoms with van der Waals surface area (Å²) in [7, 11) is 0. The molecule has 3 aromatic carbocycles. The number of ether oxygens (including phenoxy) is 2. The molecule has 0 saturated carbocycles. The summed E-state index contributed by atoms with van der Waals surface area (Å²) in [5, 5.41) is -0.179. The van der Waals surface area contributed by atoms with Gasteiger partial charge in [0.05, 0.1) is 5.39 Å². The van der Waals surface area contributed by atoms with Crippen molar-refractivity contribution in [3.8, 4) is 22.6 Å². The van der Waals surface area contributed by atoms with E-state index in [1.807, 2.05) is 0 Å². The van der Waals surface area contributed by atoms with E-state index >= 15 is 0 Å². The molecular weight excluding hydrogens is 365 g/mol. The molecule has 2 nitrogen and oxygen atoms in total. The van der Waals surface area contributed by atoms with Crippen molar-refractivity contribution >= 4 is 10.8 Å². The van der Waals surface area contributed by atoms with Gasteiger partial charge in [-0.05, 0) is 42.1 Å². The zero-order valence-corrected chi connectivity index (χ0v) is 15.3. The van der Waals surface area contributed by atoms with Gasteiger partial charge in [-0.2, -0.15) is 0 Å². The van der Waals surface area contributed by atoms with Crippen molar-refractivity contribution in [3.05, 3.63) is 84.7 Å². The third-order valence-electron chi connectivity index (χ3n) is 4.19. The van der Waals surface area contributed by atoms with E-state index in [4.69, 9.17) is 9.47 Å². The van der Waals surface area contributed by atoms with Crippen molar-refractivity contribution in [2.45, 2.75) is 6.92 Å². The summed E-state index contributed by atoms with van der Waals surface area (Å²) >= 11 is 0. The Labute approximate surface area is 161 Å². The van der Waals surface area contributed by atoms with E-state index in [1.165, 1.54) is 18.2 Å². The molecule has 0 unspecified atom stereocenters. The standard InChI is InChI=1S/C23H19F3O2/c1-3-5-13-28-19-11-8-16-14-18(21(24)23(26)20(16)22(19)25)15-6-9-17(10-7-15)27-12-4-2/h3-11,14H,2,12-13H2,1H3. The number of hydrogen-bond acceptors (Lipinski definition) is 2.